The topological polar surface area (TPSA) is 58.6 Å². The predicted octanol–water partition coefficient (Wildman–Crippen LogP) is 3.31. The molecule has 0 saturated heterocycles. The monoisotopic (exact) mass is 317 g/mol. The summed E-state index contributed by atoms with van der Waals surface area (Å²) in [4.78, 5) is 12.3. The molecule has 0 heterocycles. The first-order valence-corrected chi connectivity index (χ1v) is 8.37. The number of carbonyl (C=O) groups is 1. The minimum atomic E-state index is -0.211. The largest absolute Gasteiger partial charge is 0.490 e. The Bertz CT molecular complexity index is 549. The van der Waals surface area contributed by atoms with Crippen molar-refractivity contribution in [3.8, 4) is 5.75 Å². The number of hydrogen-bond acceptors (Lipinski definition) is 3. The van der Waals surface area contributed by atoms with Crippen LogP contribution in [0.4, 0.5) is 0 Å². The lowest BCUT2D eigenvalue weighted by Gasteiger charge is -2.25. The van der Waals surface area contributed by atoms with Crippen LogP contribution in [0.2, 0.25) is 0 Å². The van der Waals surface area contributed by atoms with Gasteiger partial charge in [-0.15, -0.1) is 0 Å². The summed E-state index contributed by atoms with van der Waals surface area (Å²) in [6, 6.07) is 7.24. The third kappa shape index (κ3) is 6.06. The maximum Gasteiger partial charge on any atom is 0.251 e. The molecule has 1 saturated carbocycles. The molecule has 2 atom stereocenters. The Morgan fingerprint density at radius 2 is 2.22 bits per heavy atom. The van der Waals surface area contributed by atoms with Gasteiger partial charge in [-0.2, -0.15) is 0 Å². The molecule has 1 aromatic carbocycles. The molecule has 0 aromatic heterocycles. The van der Waals surface area contributed by atoms with Gasteiger partial charge in [0.1, 0.15) is 12.4 Å². The number of rotatable bonds is 6. The van der Waals surface area contributed by atoms with E-state index >= 15 is 0 Å². The van der Waals surface area contributed by atoms with E-state index < -0.39 is 0 Å². The summed E-state index contributed by atoms with van der Waals surface area (Å²) in [6.07, 6.45) is 5.57. The second kappa shape index (κ2) is 8.73. The van der Waals surface area contributed by atoms with Crippen LogP contribution >= 0.6 is 0 Å². The molecule has 1 aliphatic rings. The quantitative estimate of drug-likeness (QED) is 0.791. The van der Waals surface area contributed by atoms with Gasteiger partial charge in [0, 0.05) is 12.1 Å². The SMILES string of the molecule is CC(C)=CCOc1cccc(C(=O)NCC2CCCC(O)C2)c1. The van der Waals surface area contributed by atoms with Crippen molar-refractivity contribution in [2.24, 2.45) is 5.92 Å². The lowest BCUT2D eigenvalue weighted by Crippen LogP contribution is -2.32. The van der Waals surface area contributed by atoms with Crippen LogP contribution in [0, 0.1) is 5.92 Å². The number of aliphatic hydroxyl groups is 1. The molecule has 0 spiro atoms. The minimum Gasteiger partial charge on any atom is -0.490 e. The fourth-order valence-electron chi connectivity index (χ4n) is 2.82. The van der Waals surface area contributed by atoms with Gasteiger partial charge < -0.3 is 15.2 Å². The Morgan fingerprint density at radius 3 is 2.96 bits per heavy atom. The molecule has 4 nitrogen and oxygen atoms in total. The summed E-state index contributed by atoms with van der Waals surface area (Å²) in [7, 11) is 0. The van der Waals surface area contributed by atoms with Gasteiger partial charge in [-0.1, -0.05) is 18.1 Å². The van der Waals surface area contributed by atoms with Crippen molar-refractivity contribution < 1.29 is 14.6 Å². The highest BCUT2D eigenvalue weighted by atomic mass is 16.5. The van der Waals surface area contributed by atoms with E-state index in [-0.39, 0.29) is 12.0 Å². The molecular weight excluding hydrogens is 290 g/mol. The molecule has 2 N–H and O–H groups in total. The first-order chi connectivity index (χ1) is 11.0. The Balaban J connectivity index is 1.85. The van der Waals surface area contributed by atoms with E-state index in [1.165, 1.54) is 5.57 Å². The van der Waals surface area contributed by atoms with Gasteiger partial charge in [0.15, 0.2) is 0 Å². The molecule has 1 aliphatic carbocycles. The minimum absolute atomic E-state index is 0.0854. The highest BCUT2D eigenvalue weighted by molar-refractivity contribution is 5.94. The number of aliphatic hydroxyl groups excluding tert-OH is 1. The van der Waals surface area contributed by atoms with Crippen LogP contribution in [-0.2, 0) is 0 Å². The number of ether oxygens (including phenoxy) is 1. The van der Waals surface area contributed by atoms with E-state index in [0.717, 1.165) is 25.7 Å². The van der Waals surface area contributed by atoms with Crippen LogP contribution in [0.25, 0.3) is 0 Å². The van der Waals surface area contributed by atoms with Gasteiger partial charge >= 0.3 is 0 Å². The number of amides is 1. The Labute approximate surface area is 138 Å². The molecule has 1 aromatic rings. The van der Waals surface area contributed by atoms with E-state index in [1.807, 2.05) is 32.1 Å². The van der Waals surface area contributed by atoms with Gasteiger partial charge in [-0.25, -0.2) is 0 Å². The van der Waals surface area contributed by atoms with Crippen LogP contribution in [0.15, 0.2) is 35.9 Å². The van der Waals surface area contributed by atoms with Gasteiger partial charge in [0.25, 0.3) is 5.91 Å². The van der Waals surface area contributed by atoms with Gasteiger partial charge in [0.2, 0.25) is 0 Å². The Morgan fingerprint density at radius 1 is 1.39 bits per heavy atom. The first-order valence-electron chi connectivity index (χ1n) is 8.37. The average Bonchev–Trinajstić information content (AvgIpc) is 2.52. The smallest absolute Gasteiger partial charge is 0.251 e. The van der Waals surface area contributed by atoms with Gasteiger partial charge in [-0.3, -0.25) is 4.79 Å². The predicted molar refractivity (Wildman–Crippen MR) is 91.7 cm³/mol. The Hall–Kier alpha value is -1.81. The zero-order chi connectivity index (χ0) is 16.7. The van der Waals surface area contributed by atoms with Crippen molar-refractivity contribution in [2.75, 3.05) is 13.2 Å². The number of carbonyl (C=O) groups excluding carboxylic acids is 1. The fourth-order valence-corrected chi connectivity index (χ4v) is 2.82. The summed E-state index contributed by atoms with van der Waals surface area (Å²) in [5.41, 5.74) is 1.81. The van der Waals surface area contributed by atoms with Crippen molar-refractivity contribution in [2.45, 2.75) is 45.6 Å². The maximum absolute atomic E-state index is 12.3. The van der Waals surface area contributed by atoms with Crippen molar-refractivity contribution in [3.05, 3.63) is 41.5 Å². The molecular formula is C19H27NO3. The van der Waals surface area contributed by atoms with Crippen molar-refractivity contribution >= 4 is 5.91 Å². The molecule has 0 radical (unpaired) electrons. The number of allylic oxidation sites excluding steroid dienone is 1. The van der Waals surface area contributed by atoms with Gasteiger partial charge in [0.05, 0.1) is 6.10 Å². The van der Waals surface area contributed by atoms with E-state index in [1.54, 1.807) is 12.1 Å². The molecule has 0 bridgehead atoms. The van der Waals surface area contributed by atoms with Crippen LogP contribution < -0.4 is 10.1 Å². The zero-order valence-corrected chi connectivity index (χ0v) is 14.0. The zero-order valence-electron chi connectivity index (χ0n) is 14.0. The number of nitrogens with one attached hydrogen (secondary N) is 1. The fraction of sp³-hybridized carbons (Fsp3) is 0.526. The second-order valence-electron chi connectivity index (χ2n) is 6.52. The highest BCUT2D eigenvalue weighted by Crippen LogP contribution is 2.23. The lowest BCUT2D eigenvalue weighted by molar-refractivity contribution is 0.0873. The Kier molecular flexibility index (Phi) is 6.66. The molecule has 1 fully saturated rings. The average molecular weight is 317 g/mol. The van der Waals surface area contributed by atoms with E-state index in [4.69, 9.17) is 4.74 Å². The van der Waals surface area contributed by atoms with Crippen molar-refractivity contribution in [1.29, 1.82) is 0 Å². The van der Waals surface area contributed by atoms with Crippen molar-refractivity contribution in [3.63, 3.8) is 0 Å². The summed E-state index contributed by atoms with van der Waals surface area (Å²) in [5.74, 6) is 0.987. The van der Waals surface area contributed by atoms with Crippen molar-refractivity contribution in [1.82, 2.24) is 5.32 Å². The van der Waals surface area contributed by atoms with Crippen LogP contribution in [-0.4, -0.2) is 30.3 Å². The van der Waals surface area contributed by atoms with E-state index in [0.29, 0.717) is 30.4 Å². The second-order valence-corrected chi connectivity index (χ2v) is 6.52. The van der Waals surface area contributed by atoms with Crippen LogP contribution in [0.1, 0.15) is 49.9 Å². The van der Waals surface area contributed by atoms with Crippen LogP contribution in [0.5, 0.6) is 5.75 Å². The van der Waals surface area contributed by atoms with E-state index in [2.05, 4.69) is 5.32 Å². The third-order valence-electron chi connectivity index (χ3n) is 4.14. The van der Waals surface area contributed by atoms with Crippen LogP contribution in [0.3, 0.4) is 0 Å². The van der Waals surface area contributed by atoms with Gasteiger partial charge in [-0.05, 0) is 63.3 Å². The summed E-state index contributed by atoms with van der Waals surface area (Å²) >= 11 is 0. The normalized spacial score (nSPS) is 20.7. The number of hydrogen-bond donors (Lipinski definition) is 2. The van der Waals surface area contributed by atoms with E-state index in [9.17, 15) is 9.90 Å². The molecule has 126 valence electrons. The molecule has 4 heteroatoms. The summed E-state index contributed by atoms with van der Waals surface area (Å²) in [5, 5.41) is 12.7. The lowest BCUT2D eigenvalue weighted by atomic mass is 9.87. The molecule has 23 heavy (non-hydrogen) atoms. The first kappa shape index (κ1) is 17.5. The summed E-state index contributed by atoms with van der Waals surface area (Å²) in [6.45, 7) is 5.18. The molecule has 2 unspecified atom stereocenters. The maximum atomic E-state index is 12.3. The number of benzene rings is 1. The molecule has 1 amide bonds. The highest BCUT2D eigenvalue weighted by Gasteiger charge is 2.20. The molecule has 2 rings (SSSR count). The standard InChI is InChI=1S/C19H27NO3/c1-14(2)9-10-23-18-8-4-6-16(12-18)19(22)20-13-15-5-3-7-17(21)11-15/h4,6,8-9,12,15,17,21H,3,5,7,10-11,13H2,1-2H3,(H,20,22). The third-order valence-corrected chi connectivity index (χ3v) is 4.14. The summed E-state index contributed by atoms with van der Waals surface area (Å²) < 4.78 is 5.63. The molecule has 0 aliphatic heterocycles.